The summed E-state index contributed by atoms with van der Waals surface area (Å²) in [4.78, 5) is 21.6. The van der Waals surface area contributed by atoms with Crippen LogP contribution in [-0.2, 0) is 16.1 Å². The summed E-state index contributed by atoms with van der Waals surface area (Å²) in [6.07, 6.45) is 4.88. The summed E-state index contributed by atoms with van der Waals surface area (Å²) in [5, 5.41) is 19.6. The number of nitrogens with zero attached hydrogens (tertiary/aromatic N) is 1. The molecule has 3 rings (SSSR count). The third-order valence-electron chi connectivity index (χ3n) is 6.10. The topological polar surface area (TPSA) is 81.3 Å². The number of carbonyl (C=O) groups excluding carboxylic acids is 1. The molecule has 0 aliphatic carbocycles. The molecule has 1 N–H and O–H groups in total. The minimum absolute atomic E-state index is 0. The molecule has 0 spiro atoms. The van der Waals surface area contributed by atoms with Gasteiger partial charge in [0.1, 0.15) is 0 Å². The van der Waals surface area contributed by atoms with E-state index in [9.17, 15) is 14.7 Å². The van der Waals surface area contributed by atoms with Crippen molar-refractivity contribution in [2.75, 3.05) is 0 Å². The minimum Gasteiger partial charge on any atom is -1.00 e. The van der Waals surface area contributed by atoms with Crippen molar-refractivity contribution in [1.29, 1.82) is 0 Å². The zero-order valence-corrected chi connectivity index (χ0v) is 23.9. The summed E-state index contributed by atoms with van der Waals surface area (Å²) >= 11 is 0. The molecular formula is C30H41ClNNaO4. The molecule has 0 aliphatic heterocycles. The van der Waals surface area contributed by atoms with Gasteiger partial charge in [0.2, 0.25) is 0 Å². The number of pyridine rings is 1. The Hall–Kier alpha value is -2.18. The maximum atomic E-state index is 11.0. The molecule has 2 atom stereocenters. The van der Waals surface area contributed by atoms with E-state index < -0.39 is 29.2 Å². The second kappa shape index (κ2) is 19.0. The Morgan fingerprint density at radius 2 is 1.32 bits per heavy atom. The molecule has 0 aliphatic rings. The SMILES string of the molecule is C.C.CCC(C)(C)C(C(=O)O)C(C)C(=O)[O-].[Cl-].[Na+].c1ccc(C[n+]2ccc(-c3ccccc3)cc2)cc1. The number of hydrogen-bond acceptors (Lipinski definition) is 3. The molecule has 1 aromatic heterocycles. The first-order chi connectivity index (χ1) is 15.7. The minimum atomic E-state index is -1.31. The van der Waals surface area contributed by atoms with Gasteiger partial charge in [-0.2, -0.15) is 0 Å². The van der Waals surface area contributed by atoms with E-state index in [1.807, 2.05) is 19.1 Å². The van der Waals surface area contributed by atoms with E-state index in [2.05, 4.69) is 77.6 Å². The van der Waals surface area contributed by atoms with Gasteiger partial charge in [-0.25, -0.2) is 4.57 Å². The van der Waals surface area contributed by atoms with Crippen molar-refractivity contribution in [1.82, 2.24) is 0 Å². The average molecular weight is 538 g/mol. The van der Waals surface area contributed by atoms with Gasteiger partial charge in [-0.15, -0.1) is 0 Å². The second-order valence-corrected chi connectivity index (χ2v) is 8.88. The summed E-state index contributed by atoms with van der Waals surface area (Å²) in [6, 6.07) is 25.3. The Balaban J connectivity index is -0.000000589. The molecule has 1 heterocycles. The van der Waals surface area contributed by atoms with Crippen molar-refractivity contribution in [3.63, 3.8) is 0 Å². The number of carboxylic acid groups (broad SMARTS) is 2. The largest absolute Gasteiger partial charge is 1.00 e. The van der Waals surface area contributed by atoms with Gasteiger partial charge in [-0.1, -0.05) is 110 Å². The Morgan fingerprint density at radius 1 is 0.892 bits per heavy atom. The Kier molecular flexibility index (Phi) is 20.2. The third-order valence-corrected chi connectivity index (χ3v) is 6.10. The van der Waals surface area contributed by atoms with Gasteiger partial charge in [0.15, 0.2) is 18.9 Å². The molecule has 37 heavy (non-hydrogen) atoms. The maximum Gasteiger partial charge on any atom is 1.00 e. The number of halogens is 1. The first-order valence-electron chi connectivity index (χ1n) is 11.2. The average Bonchev–Trinajstić information content (AvgIpc) is 2.81. The smallest absolute Gasteiger partial charge is 1.00 e. The number of carbonyl (C=O) groups is 2. The van der Waals surface area contributed by atoms with Gasteiger partial charge in [0, 0.05) is 29.6 Å². The molecule has 0 bridgehead atoms. The Bertz CT molecular complexity index is 1030. The van der Waals surface area contributed by atoms with Crippen LogP contribution in [0.25, 0.3) is 11.1 Å². The van der Waals surface area contributed by atoms with Crippen LogP contribution in [0.15, 0.2) is 85.2 Å². The molecular weight excluding hydrogens is 497 g/mol. The molecule has 2 aromatic carbocycles. The zero-order chi connectivity index (χ0) is 24.4. The number of carboxylic acids is 2. The second-order valence-electron chi connectivity index (χ2n) is 8.88. The summed E-state index contributed by atoms with van der Waals surface area (Å²) in [6.45, 7) is 7.65. The van der Waals surface area contributed by atoms with Gasteiger partial charge < -0.3 is 27.4 Å². The molecule has 0 radical (unpaired) electrons. The standard InChI is InChI=1S/C18H16N.C10H18O4.2CH4.ClH.Na/c1-3-7-16(8-4-1)15-19-13-11-18(12-14-19)17-9-5-2-6-10-17;1-5-10(3,4)7(9(13)14)6(2)8(11)12;;;;/h1-14H,15H2;6-7H,5H2,1-4H3,(H,11,12)(H,13,14);2*1H4;1H;/q+1;;;;;+1/p-2. The van der Waals surface area contributed by atoms with Gasteiger partial charge >= 0.3 is 35.5 Å². The molecule has 198 valence electrons. The quantitative estimate of drug-likeness (QED) is 0.310. The fraction of sp³-hybridized carbons (Fsp3) is 0.367. The van der Waals surface area contributed by atoms with Crippen molar-refractivity contribution in [3.8, 4) is 11.1 Å². The van der Waals surface area contributed by atoms with Gasteiger partial charge in [0.05, 0.1) is 5.92 Å². The molecule has 0 saturated heterocycles. The predicted molar refractivity (Wildman–Crippen MR) is 140 cm³/mol. The van der Waals surface area contributed by atoms with Crippen LogP contribution < -0.4 is 51.6 Å². The fourth-order valence-corrected chi connectivity index (χ4v) is 3.76. The van der Waals surface area contributed by atoms with Crippen molar-refractivity contribution in [2.45, 2.75) is 55.5 Å². The van der Waals surface area contributed by atoms with Crippen LogP contribution in [0.5, 0.6) is 0 Å². The molecule has 0 fully saturated rings. The molecule has 5 nitrogen and oxygen atoms in total. The number of aliphatic carboxylic acids is 2. The van der Waals surface area contributed by atoms with Crippen LogP contribution in [0.3, 0.4) is 0 Å². The summed E-state index contributed by atoms with van der Waals surface area (Å²) in [5.74, 6) is -4.26. The Labute approximate surface area is 251 Å². The van der Waals surface area contributed by atoms with E-state index in [4.69, 9.17) is 5.11 Å². The van der Waals surface area contributed by atoms with Crippen molar-refractivity contribution in [2.24, 2.45) is 17.3 Å². The summed E-state index contributed by atoms with van der Waals surface area (Å²) in [7, 11) is 0. The van der Waals surface area contributed by atoms with E-state index in [0.717, 1.165) is 6.54 Å². The van der Waals surface area contributed by atoms with Crippen LogP contribution in [-0.4, -0.2) is 17.0 Å². The van der Waals surface area contributed by atoms with Crippen molar-refractivity contribution >= 4 is 11.9 Å². The molecule has 0 amide bonds. The first kappa shape index (κ1) is 39.3. The van der Waals surface area contributed by atoms with Crippen molar-refractivity contribution in [3.05, 3.63) is 90.8 Å². The van der Waals surface area contributed by atoms with Crippen LogP contribution in [0, 0.1) is 17.3 Å². The molecule has 0 saturated carbocycles. The fourth-order valence-electron chi connectivity index (χ4n) is 3.76. The van der Waals surface area contributed by atoms with Crippen LogP contribution in [0.2, 0.25) is 0 Å². The zero-order valence-electron chi connectivity index (χ0n) is 21.1. The third kappa shape index (κ3) is 12.3. The maximum absolute atomic E-state index is 11.0. The van der Waals surface area contributed by atoms with Gasteiger partial charge in [-0.05, 0) is 16.5 Å². The van der Waals surface area contributed by atoms with Crippen LogP contribution in [0.1, 0.15) is 54.5 Å². The van der Waals surface area contributed by atoms with E-state index in [1.165, 1.54) is 23.6 Å². The predicted octanol–water partition coefficient (Wildman–Crippen LogP) is -0.521. The number of rotatable bonds is 8. The van der Waals surface area contributed by atoms with E-state index in [-0.39, 0.29) is 56.8 Å². The molecule has 2 unspecified atom stereocenters. The number of benzene rings is 2. The summed E-state index contributed by atoms with van der Waals surface area (Å²) in [5.41, 5.74) is 3.30. The van der Waals surface area contributed by atoms with E-state index in [1.54, 1.807) is 13.8 Å². The normalized spacial score (nSPS) is 11.4. The molecule has 3 aromatic rings. The van der Waals surface area contributed by atoms with Gasteiger partial charge in [-0.3, -0.25) is 4.79 Å². The van der Waals surface area contributed by atoms with Crippen LogP contribution >= 0.6 is 0 Å². The van der Waals surface area contributed by atoms with Gasteiger partial charge in [0.25, 0.3) is 0 Å². The van der Waals surface area contributed by atoms with E-state index in [0.29, 0.717) is 6.42 Å². The van der Waals surface area contributed by atoms with Crippen LogP contribution in [0.4, 0.5) is 0 Å². The van der Waals surface area contributed by atoms with Crippen molar-refractivity contribution < 1.29 is 66.3 Å². The summed E-state index contributed by atoms with van der Waals surface area (Å²) < 4.78 is 2.20. The first-order valence-corrected chi connectivity index (χ1v) is 11.2. The number of aromatic nitrogens is 1. The number of hydrogen-bond donors (Lipinski definition) is 1. The Morgan fingerprint density at radius 3 is 1.73 bits per heavy atom. The monoisotopic (exact) mass is 537 g/mol. The molecule has 7 heteroatoms. The van der Waals surface area contributed by atoms with E-state index >= 15 is 0 Å².